The molecule has 0 N–H and O–H groups in total. The third kappa shape index (κ3) is 6.34. The van der Waals surface area contributed by atoms with Crippen LogP contribution in [0.1, 0.15) is 0 Å². The molecule has 2 aromatic heterocycles. The van der Waals surface area contributed by atoms with Gasteiger partial charge in [-0.1, -0.05) is 206 Å². The monoisotopic (exact) mass is 836 g/mol. The summed E-state index contributed by atoms with van der Waals surface area (Å²) in [6.07, 6.45) is 0. The summed E-state index contributed by atoms with van der Waals surface area (Å²) in [5.41, 5.74) is 14.0. The quantitative estimate of drug-likeness (QED) is 0.156. The number of benzene rings is 11. The number of pyridine rings is 2. The maximum atomic E-state index is 5.70. The number of hydrogen-bond acceptors (Lipinski definition) is 2. The lowest BCUT2D eigenvalue weighted by molar-refractivity contribution is 1.32. The van der Waals surface area contributed by atoms with Gasteiger partial charge in [-0.3, -0.25) is 0 Å². The van der Waals surface area contributed by atoms with Crippen molar-refractivity contribution in [2.24, 2.45) is 0 Å². The normalized spacial score (nSPS) is 11.6. The first-order valence-electron chi connectivity index (χ1n) is 22.6. The minimum Gasteiger partial charge on any atom is -0.248 e. The van der Waals surface area contributed by atoms with Crippen molar-refractivity contribution in [3.05, 3.63) is 243 Å². The molecule has 0 saturated carbocycles. The maximum absolute atomic E-state index is 5.70. The Morgan fingerprint density at radius 1 is 0.197 bits per heavy atom. The molecule has 13 aromatic rings. The van der Waals surface area contributed by atoms with Gasteiger partial charge >= 0.3 is 0 Å². The van der Waals surface area contributed by atoms with E-state index in [0.717, 1.165) is 72.3 Å². The highest BCUT2D eigenvalue weighted by molar-refractivity contribution is 6.22. The molecule has 13 rings (SSSR count). The van der Waals surface area contributed by atoms with Crippen LogP contribution in [0.3, 0.4) is 0 Å². The van der Waals surface area contributed by atoms with Crippen molar-refractivity contribution in [1.29, 1.82) is 0 Å². The third-order valence-electron chi connectivity index (χ3n) is 13.4. The molecule has 2 heteroatoms. The zero-order valence-electron chi connectivity index (χ0n) is 36.0. The number of nitrogens with zero attached hydrogens (tertiary/aromatic N) is 2. The molecule has 0 aliphatic heterocycles. The average Bonchev–Trinajstić information content (AvgIpc) is 3.40. The summed E-state index contributed by atoms with van der Waals surface area (Å²) >= 11 is 0. The minimum absolute atomic E-state index is 0.932. The Morgan fingerprint density at radius 2 is 0.621 bits per heavy atom. The highest BCUT2D eigenvalue weighted by Gasteiger charge is 2.20. The predicted molar refractivity (Wildman–Crippen MR) is 280 cm³/mol. The summed E-state index contributed by atoms with van der Waals surface area (Å²) in [7, 11) is 0. The van der Waals surface area contributed by atoms with E-state index in [1.165, 1.54) is 59.6 Å². The summed E-state index contributed by atoms with van der Waals surface area (Å²) < 4.78 is 0. The minimum atomic E-state index is 0.932. The van der Waals surface area contributed by atoms with Crippen molar-refractivity contribution in [3.63, 3.8) is 0 Å². The maximum Gasteiger partial charge on any atom is 0.0794 e. The molecule has 0 unspecified atom stereocenters. The highest BCUT2D eigenvalue weighted by Crippen LogP contribution is 2.45. The number of aromatic nitrogens is 2. The Kier molecular flexibility index (Phi) is 8.89. The molecule has 0 aliphatic carbocycles. The van der Waals surface area contributed by atoms with Crippen molar-refractivity contribution in [2.45, 2.75) is 0 Å². The van der Waals surface area contributed by atoms with Crippen molar-refractivity contribution >= 4 is 64.8 Å². The Balaban J connectivity index is 1.07. The first-order valence-corrected chi connectivity index (χ1v) is 22.6. The zero-order valence-corrected chi connectivity index (χ0v) is 36.0. The van der Waals surface area contributed by atoms with E-state index in [9.17, 15) is 0 Å². The molecule has 0 amide bonds. The van der Waals surface area contributed by atoms with E-state index >= 15 is 0 Å². The van der Waals surface area contributed by atoms with Gasteiger partial charge in [-0.25, -0.2) is 9.97 Å². The number of rotatable bonds is 6. The molecule has 66 heavy (non-hydrogen) atoms. The van der Waals surface area contributed by atoms with Gasteiger partial charge in [-0.15, -0.1) is 0 Å². The average molecular weight is 837 g/mol. The van der Waals surface area contributed by atoms with E-state index in [2.05, 4.69) is 243 Å². The molecule has 0 bridgehead atoms. The zero-order chi connectivity index (χ0) is 43.6. The molecule has 0 radical (unpaired) electrons. The van der Waals surface area contributed by atoms with Crippen molar-refractivity contribution in [2.75, 3.05) is 0 Å². The van der Waals surface area contributed by atoms with Gasteiger partial charge in [-0.05, 0) is 118 Å². The van der Waals surface area contributed by atoms with Gasteiger partial charge in [-0.2, -0.15) is 0 Å². The second-order valence-electron chi connectivity index (χ2n) is 17.2. The van der Waals surface area contributed by atoms with Crippen LogP contribution >= 0.6 is 0 Å². The molecule has 0 aliphatic rings. The van der Waals surface area contributed by atoms with Crippen LogP contribution in [0.4, 0.5) is 0 Å². The van der Waals surface area contributed by atoms with Crippen LogP contribution in [-0.2, 0) is 0 Å². The molecular formula is C64H40N2. The third-order valence-corrected chi connectivity index (χ3v) is 13.4. The van der Waals surface area contributed by atoms with Crippen LogP contribution < -0.4 is 0 Å². The molecular weight excluding hydrogens is 797 g/mol. The Labute approximate surface area is 382 Å². The Hall–Kier alpha value is -8.72. The lowest BCUT2D eigenvalue weighted by Crippen LogP contribution is -1.95. The molecule has 2 heterocycles. The topological polar surface area (TPSA) is 25.8 Å². The largest absolute Gasteiger partial charge is 0.248 e. The van der Waals surface area contributed by atoms with Crippen LogP contribution in [-0.4, -0.2) is 9.97 Å². The fourth-order valence-electron chi connectivity index (χ4n) is 10.2. The fourth-order valence-corrected chi connectivity index (χ4v) is 10.2. The van der Waals surface area contributed by atoms with Crippen molar-refractivity contribution in [1.82, 2.24) is 9.97 Å². The van der Waals surface area contributed by atoms with E-state index in [1.807, 2.05) is 0 Å². The van der Waals surface area contributed by atoms with Gasteiger partial charge in [0.2, 0.25) is 0 Å². The first kappa shape index (κ1) is 37.8. The van der Waals surface area contributed by atoms with E-state index in [0.29, 0.717) is 0 Å². The van der Waals surface area contributed by atoms with Crippen molar-refractivity contribution < 1.29 is 0 Å². The summed E-state index contributed by atoms with van der Waals surface area (Å²) in [4.78, 5) is 11.0. The van der Waals surface area contributed by atoms with Crippen LogP contribution in [0.15, 0.2) is 243 Å². The molecule has 0 atom stereocenters. The van der Waals surface area contributed by atoms with Crippen LogP contribution in [0, 0.1) is 0 Å². The van der Waals surface area contributed by atoms with E-state index in [1.54, 1.807) is 0 Å². The van der Waals surface area contributed by atoms with Gasteiger partial charge in [0.15, 0.2) is 0 Å². The lowest BCUT2D eigenvalue weighted by Gasteiger charge is -2.18. The molecule has 0 saturated heterocycles. The van der Waals surface area contributed by atoms with Gasteiger partial charge in [0.25, 0.3) is 0 Å². The summed E-state index contributed by atoms with van der Waals surface area (Å²) in [6.45, 7) is 0. The van der Waals surface area contributed by atoms with Gasteiger partial charge in [0.05, 0.1) is 22.6 Å². The molecule has 2 nitrogen and oxygen atoms in total. The number of hydrogen-bond donors (Lipinski definition) is 0. The molecule has 306 valence electrons. The fraction of sp³-hybridized carbons (Fsp3) is 0. The van der Waals surface area contributed by atoms with Gasteiger partial charge < -0.3 is 0 Å². The Bertz CT molecular complexity index is 3970. The molecule has 0 fully saturated rings. The van der Waals surface area contributed by atoms with Gasteiger partial charge in [0.1, 0.15) is 0 Å². The van der Waals surface area contributed by atoms with Crippen LogP contribution in [0.25, 0.3) is 132 Å². The van der Waals surface area contributed by atoms with Crippen LogP contribution in [0.2, 0.25) is 0 Å². The standard InChI is InChI=1S/C64H40N2/c1-3-17-41(18-4-1)47-37-61(43-19-5-2-6-20-43)65-62(38-47)44-33-31-42(32-34-44)56-40-63(59-36-46-22-8-10-24-49(46)51-26-12-14-28-53(51)59)66-64-55-30-16-15-29-54(55)58(39-60(56)64)57-35-45-21-7-9-23-48(45)50-25-11-13-27-52(50)57/h1-40H. The smallest absolute Gasteiger partial charge is 0.0794 e. The lowest BCUT2D eigenvalue weighted by atomic mass is 9.87. The summed E-state index contributed by atoms with van der Waals surface area (Å²) in [5, 5.41) is 13.2. The SMILES string of the molecule is c1ccc(-c2cc(-c3ccccc3)nc(-c3ccc(-c4cc(-c5cc6ccccc6c6ccccc56)nc5c4cc(-c4cc6ccccc6c6ccccc46)c4ccccc45)cc3)c2)cc1. The summed E-state index contributed by atoms with van der Waals surface area (Å²) in [5.74, 6) is 0. The van der Waals surface area contributed by atoms with E-state index < -0.39 is 0 Å². The van der Waals surface area contributed by atoms with Crippen LogP contribution in [0.5, 0.6) is 0 Å². The number of fused-ring (bicyclic) bond motifs is 9. The van der Waals surface area contributed by atoms with E-state index in [-0.39, 0.29) is 0 Å². The second-order valence-corrected chi connectivity index (χ2v) is 17.2. The van der Waals surface area contributed by atoms with Crippen molar-refractivity contribution in [3.8, 4) is 67.2 Å². The van der Waals surface area contributed by atoms with Gasteiger partial charge in [0, 0.05) is 27.5 Å². The Morgan fingerprint density at radius 3 is 1.23 bits per heavy atom. The van der Waals surface area contributed by atoms with E-state index in [4.69, 9.17) is 9.97 Å². The predicted octanol–water partition coefficient (Wildman–Crippen LogP) is 17.4. The molecule has 11 aromatic carbocycles. The second kappa shape index (κ2) is 15.5. The molecule has 0 spiro atoms. The summed E-state index contributed by atoms with van der Waals surface area (Å²) in [6, 6.07) is 87.8. The first-order chi connectivity index (χ1) is 32.7. The highest BCUT2D eigenvalue weighted by atomic mass is 14.7.